The van der Waals surface area contributed by atoms with Crippen LogP contribution in [0.2, 0.25) is 5.02 Å². The molecule has 1 aromatic carbocycles. The lowest BCUT2D eigenvalue weighted by atomic mass is 9.45. The van der Waals surface area contributed by atoms with Crippen molar-refractivity contribution < 1.29 is 18.0 Å². The zero-order valence-electron chi connectivity index (χ0n) is 18.9. The van der Waals surface area contributed by atoms with Crippen molar-refractivity contribution in [3.05, 3.63) is 29.3 Å². The molecule has 0 aliphatic heterocycles. The van der Waals surface area contributed by atoms with Crippen molar-refractivity contribution in [2.45, 2.75) is 81.1 Å². The minimum absolute atomic E-state index is 0.00317. The number of carbonyl (C=O) groups is 2. The summed E-state index contributed by atoms with van der Waals surface area (Å²) < 4.78 is 29.4. The topological polar surface area (TPSA) is 106 Å². The molecule has 0 heterocycles. The second kappa shape index (κ2) is 8.35. The van der Waals surface area contributed by atoms with Gasteiger partial charge in [0.25, 0.3) is 0 Å². The summed E-state index contributed by atoms with van der Waals surface area (Å²) in [5.41, 5.74) is 4.36. The highest BCUT2D eigenvalue weighted by Crippen LogP contribution is 2.63. The molecule has 4 bridgehead atoms. The summed E-state index contributed by atoms with van der Waals surface area (Å²) >= 11 is 6.19. The highest BCUT2D eigenvalue weighted by molar-refractivity contribution is 7.89. The summed E-state index contributed by atoms with van der Waals surface area (Å²) in [7, 11) is -3.94. The standard InChI is InChI=1S/C25H33ClN2O4S/c26-20-6-2-3-7-21(20)33(31,32)28-25(8-4-1-5-9-25)22(29)12-19-17-10-16-11-18(19)15-24(13-16,14-17)23(27)30/h2-3,6-7,16-19,28H,1,4-5,8-15H2,(H2,27,30). The van der Waals surface area contributed by atoms with Crippen molar-refractivity contribution in [3.8, 4) is 0 Å². The van der Waals surface area contributed by atoms with Crippen molar-refractivity contribution >= 4 is 33.3 Å². The van der Waals surface area contributed by atoms with Crippen LogP contribution in [0.15, 0.2) is 29.2 Å². The third kappa shape index (κ3) is 4.04. The van der Waals surface area contributed by atoms with Gasteiger partial charge >= 0.3 is 0 Å². The van der Waals surface area contributed by atoms with E-state index < -0.39 is 15.6 Å². The highest BCUT2D eigenvalue weighted by atomic mass is 35.5. The zero-order chi connectivity index (χ0) is 23.4. The van der Waals surface area contributed by atoms with Crippen molar-refractivity contribution in [1.29, 1.82) is 0 Å². The molecule has 5 aliphatic rings. The van der Waals surface area contributed by atoms with E-state index in [1.807, 2.05) is 0 Å². The second-order valence-corrected chi connectivity index (χ2v) is 13.1. The number of carbonyl (C=O) groups excluding carboxylic acids is 2. The van der Waals surface area contributed by atoms with Crippen LogP contribution in [0.3, 0.4) is 0 Å². The first-order valence-corrected chi connectivity index (χ1v) is 14.1. The SMILES string of the molecule is NC(=O)C12CC3CC(C1)C(CC(=O)C1(NS(=O)(=O)c4ccccc4Cl)CCCCC1)C(C3)C2. The number of benzene rings is 1. The van der Waals surface area contributed by atoms with Crippen LogP contribution in [0.5, 0.6) is 0 Å². The maximum Gasteiger partial charge on any atom is 0.242 e. The first-order valence-electron chi connectivity index (χ1n) is 12.3. The summed E-state index contributed by atoms with van der Waals surface area (Å²) in [4.78, 5) is 26.2. The van der Waals surface area contributed by atoms with Crippen LogP contribution in [-0.4, -0.2) is 25.6 Å². The molecule has 6 nitrogen and oxygen atoms in total. The van der Waals surface area contributed by atoms with Crippen LogP contribution in [0.25, 0.3) is 0 Å². The van der Waals surface area contributed by atoms with Gasteiger partial charge in [-0.2, -0.15) is 4.72 Å². The summed E-state index contributed by atoms with van der Waals surface area (Å²) in [6.45, 7) is 0. The predicted molar refractivity (Wildman–Crippen MR) is 126 cm³/mol. The molecule has 0 saturated heterocycles. The smallest absolute Gasteiger partial charge is 0.242 e. The molecule has 3 N–H and O–H groups in total. The maximum atomic E-state index is 13.9. The van der Waals surface area contributed by atoms with Crippen molar-refractivity contribution in [2.75, 3.05) is 0 Å². The minimum Gasteiger partial charge on any atom is -0.369 e. The Hall–Kier alpha value is -1.44. The lowest BCUT2D eigenvalue weighted by molar-refractivity contribution is -0.152. The number of halogens is 1. The number of nitrogens with two attached hydrogens (primary N) is 1. The number of Topliss-reactive ketones (excluding diaryl/α,β-unsaturated/α-hetero) is 1. The van der Waals surface area contributed by atoms with Crippen molar-refractivity contribution in [3.63, 3.8) is 0 Å². The third-order valence-electron chi connectivity index (χ3n) is 9.11. The molecule has 6 rings (SSSR count). The molecule has 8 heteroatoms. The normalized spacial score (nSPS) is 34.8. The Kier molecular flexibility index (Phi) is 5.90. The summed E-state index contributed by atoms with van der Waals surface area (Å²) in [5.74, 6) is 1.22. The molecule has 2 unspecified atom stereocenters. The quantitative estimate of drug-likeness (QED) is 0.594. The summed E-state index contributed by atoms with van der Waals surface area (Å²) in [6.07, 6.45) is 8.64. The summed E-state index contributed by atoms with van der Waals surface area (Å²) in [5, 5.41) is 0.154. The Balaban J connectivity index is 1.39. The number of nitrogens with one attached hydrogen (secondary N) is 1. The molecule has 2 atom stereocenters. The van der Waals surface area contributed by atoms with E-state index >= 15 is 0 Å². The molecule has 1 amide bonds. The van der Waals surface area contributed by atoms with E-state index in [-0.39, 0.29) is 32.9 Å². The average molecular weight is 493 g/mol. The molecule has 0 spiro atoms. The fourth-order valence-corrected chi connectivity index (χ4v) is 9.71. The van der Waals surface area contributed by atoms with E-state index in [1.165, 1.54) is 6.07 Å². The molecule has 180 valence electrons. The predicted octanol–water partition coefficient (Wildman–Crippen LogP) is 4.21. The first-order chi connectivity index (χ1) is 15.6. The monoisotopic (exact) mass is 492 g/mol. The average Bonchev–Trinajstić information content (AvgIpc) is 2.76. The highest BCUT2D eigenvalue weighted by Gasteiger charge is 2.58. The number of hydrogen-bond acceptors (Lipinski definition) is 4. The van der Waals surface area contributed by atoms with E-state index in [1.54, 1.807) is 18.2 Å². The molecule has 0 aromatic heterocycles. The van der Waals surface area contributed by atoms with Crippen LogP contribution < -0.4 is 10.5 Å². The molecular formula is C25H33ClN2O4S. The molecule has 1 aromatic rings. The number of hydrogen-bond donors (Lipinski definition) is 2. The zero-order valence-corrected chi connectivity index (χ0v) is 20.5. The Bertz CT molecular complexity index is 1050. The Morgan fingerprint density at radius 2 is 1.67 bits per heavy atom. The van der Waals surface area contributed by atoms with E-state index in [2.05, 4.69) is 4.72 Å². The van der Waals surface area contributed by atoms with Gasteiger partial charge in [-0.05, 0) is 80.8 Å². The molecule has 5 fully saturated rings. The lowest BCUT2D eigenvalue weighted by Crippen LogP contribution is -2.59. The maximum absolute atomic E-state index is 13.9. The molecule has 5 saturated carbocycles. The fraction of sp³-hybridized carbons (Fsp3) is 0.680. The fourth-order valence-electron chi connectivity index (χ4n) is 7.74. The van der Waals surface area contributed by atoms with Gasteiger partial charge in [0, 0.05) is 11.8 Å². The van der Waals surface area contributed by atoms with Gasteiger partial charge in [0.2, 0.25) is 15.9 Å². The number of rotatable bonds is 7. The van der Waals surface area contributed by atoms with Gasteiger partial charge in [0.05, 0.1) is 10.6 Å². The molecule has 5 aliphatic carbocycles. The van der Waals surface area contributed by atoms with E-state index in [4.69, 9.17) is 17.3 Å². The van der Waals surface area contributed by atoms with Gasteiger partial charge < -0.3 is 5.73 Å². The molecular weight excluding hydrogens is 460 g/mol. The van der Waals surface area contributed by atoms with E-state index in [9.17, 15) is 18.0 Å². The largest absolute Gasteiger partial charge is 0.369 e. The van der Waals surface area contributed by atoms with Gasteiger partial charge in [-0.25, -0.2) is 8.42 Å². The number of sulfonamides is 1. The van der Waals surface area contributed by atoms with Crippen LogP contribution in [-0.2, 0) is 19.6 Å². The van der Waals surface area contributed by atoms with E-state index in [0.29, 0.717) is 37.0 Å². The lowest BCUT2D eigenvalue weighted by Gasteiger charge is -2.59. The summed E-state index contributed by atoms with van der Waals surface area (Å²) in [6, 6.07) is 6.36. The third-order valence-corrected chi connectivity index (χ3v) is 11.1. The minimum atomic E-state index is -3.94. The van der Waals surface area contributed by atoms with Crippen LogP contribution >= 0.6 is 11.6 Å². The molecule has 0 radical (unpaired) electrons. The second-order valence-electron chi connectivity index (χ2n) is 11.1. The Morgan fingerprint density at radius 3 is 2.27 bits per heavy atom. The van der Waals surface area contributed by atoms with Crippen LogP contribution in [0.4, 0.5) is 0 Å². The van der Waals surface area contributed by atoms with Gasteiger partial charge in [-0.1, -0.05) is 43.0 Å². The van der Waals surface area contributed by atoms with Crippen LogP contribution in [0.1, 0.15) is 70.6 Å². The number of ketones is 1. The van der Waals surface area contributed by atoms with Crippen molar-refractivity contribution in [2.24, 2.45) is 34.8 Å². The van der Waals surface area contributed by atoms with Crippen molar-refractivity contribution in [1.82, 2.24) is 4.72 Å². The van der Waals surface area contributed by atoms with Gasteiger partial charge in [-0.15, -0.1) is 0 Å². The van der Waals surface area contributed by atoms with Gasteiger partial charge in [0.15, 0.2) is 5.78 Å². The molecule has 33 heavy (non-hydrogen) atoms. The first kappa shape index (κ1) is 23.3. The van der Waals surface area contributed by atoms with E-state index in [0.717, 1.165) is 51.4 Å². The Morgan fingerprint density at radius 1 is 1.03 bits per heavy atom. The van der Waals surface area contributed by atoms with Crippen LogP contribution in [0, 0.1) is 29.1 Å². The number of amides is 1. The Labute approximate surface area is 201 Å². The number of primary amides is 1. The van der Waals surface area contributed by atoms with Gasteiger partial charge in [-0.3, -0.25) is 9.59 Å². The van der Waals surface area contributed by atoms with Gasteiger partial charge in [0.1, 0.15) is 4.90 Å².